The molecule has 158 valence electrons. The average molecular weight is 439 g/mol. The predicted molar refractivity (Wildman–Crippen MR) is 114 cm³/mol. The number of rotatable bonds is 4. The highest BCUT2D eigenvalue weighted by Gasteiger charge is 2.17. The quantitative estimate of drug-likeness (QED) is 0.524. The Balaban J connectivity index is 1.72. The Hall–Kier alpha value is -3.66. The van der Waals surface area contributed by atoms with Crippen LogP contribution in [0.2, 0.25) is 0 Å². The van der Waals surface area contributed by atoms with Crippen LogP contribution in [0.3, 0.4) is 0 Å². The number of benzene rings is 2. The average Bonchev–Trinajstić information content (AvgIpc) is 2.68. The predicted octanol–water partition coefficient (Wildman–Crippen LogP) is 3.04. The molecule has 0 saturated carbocycles. The molecule has 2 aromatic carbocycles. The summed E-state index contributed by atoms with van der Waals surface area (Å²) in [7, 11) is -3.93. The van der Waals surface area contributed by atoms with Gasteiger partial charge in [-0.2, -0.15) is 0 Å². The first-order valence-corrected chi connectivity index (χ1v) is 10.8. The van der Waals surface area contributed by atoms with Gasteiger partial charge in [-0.15, -0.1) is 0 Å². The molecular formula is C21H18FN5O3S. The van der Waals surface area contributed by atoms with Gasteiger partial charge in [-0.25, -0.2) is 32.5 Å². The molecule has 0 amide bonds. The molecule has 10 heteroatoms. The van der Waals surface area contributed by atoms with Crippen LogP contribution in [-0.4, -0.2) is 27.9 Å². The molecule has 0 spiro atoms. The van der Waals surface area contributed by atoms with Crippen molar-refractivity contribution < 1.29 is 12.8 Å². The van der Waals surface area contributed by atoms with Crippen LogP contribution in [0.15, 0.2) is 58.2 Å². The van der Waals surface area contributed by atoms with E-state index in [4.69, 9.17) is 0 Å². The first kappa shape index (κ1) is 20.6. The van der Waals surface area contributed by atoms with Crippen molar-refractivity contribution in [3.63, 3.8) is 0 Å². The van der Waals surface area contributed by atoms with Gasteiger partial charge in [-0.3, -0.25) is 9.36 Å². The molecule has 2 aromatic heterocycles. The van der Waals surface area contributed by atoms with Crippen LogP contribution in [0.5, 0.6) is 0 Å². The van der Waals surface area contributed by atoms with E-state index in [9.17, 15) is 17.6 Å². The topological polar surface area (TPSA) is 107 Å². The molecule has 0 unspecified atom stereocenters. The lowest BCUT2D eigenvalue weighted by Crippen LogP contribution is -2.22. The van der Waals surface area contributed by atoms with Gasteiger partial charge in [0.2, 0.25) is 5.95 Å². The fourth-order valence-electron chi connectivity index (χ4n) is 3.30. The van der Waals surface area contributed by atoms with Crippen molar-refractivity contribution in [3.8, 4) is 5.69 Å². The zero-order valence-corrected chi connectivity index (χ0v) is 17.7. The molecule has 0 bridgehead atoms. The second-order valence-corrected chi connectivity index (χ2v) is 8.72. The lowest BCUT2D eigenvalue weighted by molar-refractivity contribution is 0.600. The van der Waals surface area contributed by atoms with E-state index in [1.165, 1.54) is 41.0 Å². The minimum absolute atomic E-state index is 0.0191. The Bertz CT molecular complexity index is 1460. The molecule has 8 nitrogen and oxygen atoms in total. The number of halogens is 1. The summed E-state index contributed by atoms with van der Waals surface area (Å²) in [5.74, 6) is -0.168. The molecule has 0 atom stereocenters. The molecule has 0 aliphatic heterocycles. The minimum atomic E-state index is -3.93. The molecule has 4 aromatic rings. The first-order chi connectivity index (χ1) is 14.6. The van der Waals surface area contributed by atoms with Crippen molar-refractivity contribution in [2.45, 2.75) is 25.7 Å². The smallest absolute Gasteiger partial charge is 0.266 e. The molecule has 4 rings (SSSR count). The molecule has 0 saturated heterocycles. The summed E-state index contributed by atoms with van der Waals surface area (Å²) in [6.45, 7) is 5.13. The summed E-state index contributed by atoms with van der Waals surface area (Å²) in [5.41, 5.74) is 1.62. The number of anilines is 1. The van der Waals surface area contributed by atoms with Gasteiger partial charge in [-0.05, 0) is 69.3 Å². The number of sulfonamides is 1. The van der Waals surface area contributed by atoms with Crippen molar-refractivity contribution in [1.82, 2.24) is 19.5 Å². The maximum atomic E-state index is 13.6. The summed E-state index contributed by atoms with van der Waals surface area (Å²) in [5, 5.41) is 0.135. The summed E-state index contributed by atoms with van der Waals surface area (Å²) < 4.78 is 42.7. The highest BCUT2D eigenvalue weighted by atomic mass is 32.2. The monoisotopic (exact) mass is 439 g/mol. The van der Waals surface area contributed by atoms with Gasteiger partial charge in [0.1, 0.15) is 11.6 Å². The largest absolute Gasteiger partial charge is 0.268 e. The number of aryl methyl sites for hydroxylation is 3. The summed E-state index contributed by atoms with van der Waals surface area (Å²) in [6.07, 6.45) is 0. The molecule has 0 radical (unpaired) electrons. The van der Waals surface area contributed by atoms with E-state index in [2.05, 4.69) is 19.7 Å². The molecule has 1 N–H and O–H groups in total. The van der Waals surface area contributed by atoms with Crippen LogP contribution < -0.4 is 10.3 Å². The third-order valence-corrected chi connectivity index (χ3v) is 5.96. The Labute approximate surface area is 177 Å². The van der Waals surface area contributed by atoms with E-state index in [1.807, 2.05) is 0 Å². The second kappa shape index (κ2) is 7.55. The third-order valence-electron chi connectivity index (χ3n) is 4.61. The number of aromatic nitrogens is 4. The van der Waals surface area contributed by atoms with E-state index < -0.39 is 21.4 Å². The molecular weight excluding hydrogens is 421 g/mol. The number of hydrogen-bond donors (Lipinski definition) is 1. The fraction of sp³-hybridized carbons (Fsp3) is 0.143. The fourth-order valence-corrected chi connectivity index (χ4v) is 4.24. The van der Waals surface area contributed by atoms with Gasteiger partial charge < -0.3 is 0 Å². The van der Waals surface area contributed by atoms with Crippen LogP contribution >= 0.6 is 0 Å². The standard InChI is InChI=1S/C21H18FN5O3S/c1-12-10-13(2)24-21(23-12)26-31(29,30)17-7-5-16(6-8-17)27-14(3)25-19-9-4-15(22)11-18(19)20(27)28/h4-11H,1-3H3,(H,23,24,26). The van der Waals surface area contributed by atoms with Crippen LogP contribution in [0.25, 0.3) is 16.6 Å². The Morgan fingerprint density at radius 2 is 1.55 bits per heavy atom. The number of fused-ring (bicyclic) bond motifs is 1. The normalized spacial score (nSPS) is 11.6. The Morgan fingerprint density at radius 3 is 2.19 bits per heavy atom. The third kappa shape index (κ3) is 4.02. The van der Waals surface area contributed by atoms with Gasteiger partial charge >= 0.3 is 0 Å². The van der Waals surface area contributed by atoms with Crippen molar-refractivity contribution in [1.29, 1.82) is 0 Å². The van der Waals surface area contributed by atoms with Gasteiger partial charge in [0.25, 0.3) is 15.6 Å². The van der Waals surface area contributed by atoms with Crippen LogP contribution in [-0.2, 0) is 10.0 Å². The lowest BCUT2D eigenvalue weighted by atomic mass is 10.2. The summed E-state index contributed by atoms with van der Waals surface area (Å²) in [6, 6.07) is 11.2. The van der Waals surface area contributed by atoms with Gasteiger partial charge in [0.05, 0.1) is 21.5 Å². The number of hydrogen-bond acceptors (Lipinski definition) is 6. The van der Waals surface area contributed by atoms with Gasteiger partial charge in [0, 0.05) is 11.4 Å². The van der Waals surface area contributed by atoms with Crippen LogP contribution in [0, 0.1) is 26.6 Å². The van der Waals surface area contributed by atoms with Crippen molar-refractivity contribution in [3.05, 3.63) is 81.9 Å². The van der Waals surface area contributed by atoms with E-state index in [1.54, 1.807) is 26.8 Å². The molecule has 2 heterocycles. The number of nitrogens with zero attached hydrogens (tertiary/aromatic N) is 4. The van der Waals surface area contributed by atoms with E-state index in [-0.39, 0.29) is 16.2 Å². The highest BCUT2D eigenvalue weighted by Crippen LogP contribution is 2.18. The maximum absolute atomic E-state index is 13.6. The SMILES string of the molecule is Cc1cc(C)nc(NS(=O)(=O)c2ccc(-n3c(C)nc4ccc(F)cc4c3=O)cc2)n1. The van der Waals surface area contributed by atoms with E-state index >= 15 is 0 Å². The van der Waals surface area contributed by atoms with E-state index in [0.29, 0.717) is 28.4 Å². The second-order valence-electron chi connectivity index (χ2n) is 7.03. The Morgan fingerprint density at radius 1 is 0.903 bits per heavy atom. The highest BCUT2D eigenvalue weighted by molar-refractivity contribution is 7.92. The Kier molecular flexibility index (Phi) is 5.02. The van der Waals surface area contributed by atoms with E-state index in [0.717, 1.165) is 6.07 Å². The first-order valence-electron chi connectivity index (χ1n) is 9.28. The van der Waals surface area contributed by atoms with Crippen molar-refractivity contribution in [2.75, 3.05) is 4.72 Å². The van der Waals surface area contributed by atoms with Crippen molar-refractivity contribution in [2.24, 2.45) is 0 Å². The summed E-state index contributed by atoms with van der Waals surface area (Å²) >= 11 is 0. The maximum Gasteiger partial charge on any atom is 0.266 e. The van der Waals surface area contributed by atoms with Crippen molar-refractivity contribution >= 4 is 26.9 Å². The lowest BCUT2D eigenvalue weighted by Gasteiger charge is -2.12. The molecule has 0 fully saturated rings. The minimum Gasteiger partial charge on any atom is -0.268 e. The molecule has 0 aliphatic rings. The number of nitrogens with one attached hydrogen (secondary N) is 1. The molecule has 0 aliphatic carbocycles. The summed E-state index contributed by atoms with van der Waals surface area (Å²) in [4.78, 5) is 25.4. The van der Waals surface area contributed by atoms with Gasteiger partial charge in [-0.1, -0.05) is 0 Å². The zero-order chi connectivity index (χ0) is 22.3. The zero-order valence-electron chi connectivity index (χ0n) is 16.9. The van der Waals surface area contributed by atoms with Crippen LogP contribution in [0.1, 0.15) is 17.2 Å². The van der Waals surface area contributed by atoms with Gasteiger partial charge in [0.15, 0.2) is 0 Å². The molecule has 31 heavy (non-hydrogen) atoms. The van der Waals surface area contributed by atoms with Crippen LogP contribution in [0.4, 0.5) is 10.3 Å².